The van der Waals surface area contributed by atoms with E-state index >= 15 is 0 Å². The minimum Gasteiger partial charge on any atom is -0.371 e. The fraction of sp³-hybridized carbons (Fsp3) is 1.00. The molecule has 0 amide bonds. The van der Waals surface area contributed by atoms with Crippen molar-refractivity contribution in [3.05, 3.63) is 0 Å². The van der Waals surface area contributed by atoms with Crippen LogP contribution in [0.2, 0.25) is 0 Å². The Kier molecular flexibility index (Phi) is 6.65. The number of ether oxygens (including phenoxy) is 1. The zero-order valence-electron chi connectivity index (χ0n) is 11.0. The van der Waals surface area contributed by atoms with Crippen LogP contribution < -0.4 is 10.5 Å². The molecule has 20 heavy (non-hydrogen) atoms. The highest BCUT2D eigenvalue weighted by molar-refractivity contribution is 7.87. The van der Waals surface area contributed by atoms with Gasteiger partial charge >= 0.3 is 6.18 Å². The Bertz CT molecular complexity index is 389. The zero-order chi connectivity index (χ0) is 15.2. The van der Waals surface area contributed by atoms with Crippen LogP contribution in [0.3, 0.4) is 0 Å². The summed E-state index contributed by atoms with van der Waals surface area (Å²) in [4.78, 5) is 0. The van der Waals surface area contributed by atoms with E-state index in [-0.39, 0.29) is 25.7 Å². The van der Waals surface area contributed by atoms with E-state index in [0.717, 1.165) is 12.8 Å². The molecule has 1 heterocycles. The highest BCUT2D eigenvalue weighted by Crippen LogP contribution is 2.18. The van der Waals surface area contributed by atoms with Gasteiger partial charge in [-0.1, -0.05) is 6.42 Å². The number of nitrogens with two attached hydrogens (primary N) is 1. The first-order chi connectivity index (χ1) is 9.26. The lowest BCUT2D eigenvalue weighted by Gasteiger charge is -2.33. The smallest absolute Gasteiger partial charge is 0.371 e. The standard InChI is InChI=1S/C10H20F3N3O3S/c11-10(12,13)8-19-6-4-15-20(17,18)16-5-2-1-3-9(16)7-14/h9,15H,1-8,14H2. The largest absolute Gasteiger partial charge is 0.411 e. The first-order valence-electron chi connectivity index (χ1n) is 6.37. The summed E-state index contributed by atoms with van der Waals surface area (Å²) in [5.74, 6) is 0. The predicted octanol–water partition coefficient (Wildman–Crippen LogP) is 0.213. The highest BCUT2D eigenvalue weighted by Gasteiger charge is 2.31. The van der Waals surface area contributed by atoms with Gasteiger partial charge in [0.15, 0.2) is 0 Å². The minimum atomic E-state index is -4.41. The van der Waals surface area contributed by atoms with Gasteiger partial charge in [-0.3, -0.25) is 0 Å². The number of alkyl halides is 3. The molecule has 0 spiro atoms. The van der Waals surface area contributed by atoms with E-state index in [1.165, 1.54) is 4.31 Å². The number of rotatable bonds is 7. The quantitative estimate of drug-likeness (QED) is 0.657. The van der Waals surface area contributed by atoms with Crippen LogP contribution in [0.5, 0.6) is 0 Å². The number of nitrogens with one attached hydrogen (secondary N) is 1. The normalized spacial score (nSPS) is 22.1. The van der Waals surface area contributed by atoms with Crippen LogP contribution in [-0.4, -0.2) is 57.8 Å². The van der Waals surface area contributed by atoms with Crippen molar-refractivity contribution in [2.24, 2.45) is 5.73 Å². The van der Waals surface area contributed by atoms with Gasteiger partial charge in [-0.25, -0.2) is 0 Å². The lowest BCUT2D eigenvalue weighted by atomic mass is 10.1. The second-order valence-corrected chi connectivity index (χ2v) is 6.27. The molecule has 1 aliphatic rings. The molecule has 120 valence electrons. The summed E-state index contributed by atoms with van der Waals surface area (Å²) in [5, 5.41) is 0. The van der Waals surface area contributed by atoms with Crippen molar-refractivity contribution in [1.29, 1.82) is 0 Å². The molecular weight excluding hydrogens is 299 g/mol. The molecule has 10 heteroatoms. The third-order valence-corrected chi connectivity index (χ3v) is 4.62. The van der Waals surface area contributed by atoms with Crippen molar-refractivity contribution < 1.29 is 26.3 Å². The second kappa shape index (κ2) is 7.55. The van der Waals surface area contributed by atoms with Crippen LogP contribution in [0.15, 0.2) is 0 Å². The Morgan fingerprint density at radius 2 is 2.05 bits per heavy atom. The van der Waals surface area contributed by atoms with Crippen molar-refractivity contribution >= 4 is 10.2 Å². The summed E-state index contributed by atoms with van der Waals surface area (Å²) in [6.07, 6.45) is -2.04. The van der Waals surface area contributed by atoms with E-state index in [0.29, 0.717) is 13.0 Å². The van der Waals surface area contributed by atoms with Crippen LogP contribution in [-0.2, 0) is 14.9 Å². The molecule has 1 fully saturated rings. The predicted molar refractivity (Wildman–Crippen MR) is 67.2 cm³/mol. The molecule has 0 aromatic heterocycles. The Labute approximate surface area is 116 Å². The summed E-state index contributed by atoms with van der Waals surface area (Å²) in [6, 6.07) is -0.252. The van der Waals surface area contributed by atoms with Gasteiger partial charge in [0.1, 0.15) is 6.61 Å². The maximum atomic E-state index is 12.0. The van der Waals surface area contributed by atoms with E-state index in [2.05, 4.69) is 9.46 Å². The van der Waals surface area contributed by atoms with Crippen molar-refractivity contribution in [2.45, 2.75) is 31.5 Å². The van der Waals surface area contributed by atoms with Crippen molar-refractivity contribution in [3.63, 3.8) is 0 Å². The number of piperidine rings is 1. The molecule has 0 aromatic carbocycles. The monoisotopic (exact) mass is 319 g/mol. The number of halogens is 3. The molecule has 1 atom stereocenters. The molecule has 1 aliphatic heterocycles. The van der Waals surface area contributed by atoms with Gasteiger partial charge in [-0.05, 0) is 12.8 Å². The molecule has 0 aromatic rings. The van der Waals surface area contributed by atoms with Crippen LogP contribution in [0, 0.1) is 0 Å². The average Bonchev–Trinajstić information content (AvgIpc) is 2.36. The van der Waals surface area contributed by atoms with Gasteiger partial charge in [-0.2, -0.15) is 30.6 Å². The molecule has 0 radical (unpaired) electrons. The first kappa shape index (κ1) is 17.6. The number of hydrogen-bond donors (Lipinski definition) is 2. The number of hydrogen-bond acceptors (Lipinski definition) is 4. The van der Waals surface area contributed by atoms with E-state index in [1.54, 1.807) is 0 Å². The second-order valence-electron chi connectivity index (χ2n) is 4.56. The van der Waals surface area contributed by atoms with Gasteiger partial charge in [0.2, 0.25) is 0 Å². The maximum Gasteiger partial charge on any atom is 0.411 e. The van der Waals surface area contributed by atoms with Crippen LogP contribution >= 0.6 is 0 Å². The molecule has 6 nitrogen and oxygen atoms in total. The first-order valence-corrected chi connectivity index (χ1v) is 7.81. The van der Waals surface area contributed by atoms with Crippen LogP contribution in [0.4, 0.5) is 13.2 Å². The van der Waals surface area contributed by atoms with Crippen molar-refractivity contribution in [2.75, 3.05) is 32.8 Å². The lowest BCUT2D eigenvalue weighted by molar-refractivity contribution is -0.173. The molecule has 0 aliphatic carbocycles. The maximum absolute atomic E-state index is 12.0. The van der Waals surface area contributed by atoms with Gasteiger partial charge in [0.25, 0.3) is 10.2 Å². The zero-order valence-corrected chi connectivity index (χ0v) is 11.8. The lowest BCUT2D eigenvalue weighted by Crippen LogP contribution is -2.52. The third-order valence-electron chi connectivity index (χ3n) is 2.95. The Hall–Kier alpha value is -0.420. The Morgan fingerprint density at radius 1 is 1.35 bits per heavy atom. The van der Waals surface area contributed by atoms with E-state index in [9.17, 15) is 21.6 Å². The summed E-state index contributed by atoms with van der Waals surface area (Å²) >= 11 is 0. The highest BCUT2D eigenvalue weighted by atomic mass is 32.2. The summed E-state index contributed by atoms with van der Waals surface area (Å²) < 4.78 is 67.3. The Morgan fingerprint density at radius 3 is 2.65 bits per heavy atom. The van der Waals surface area contributed by atoms with Gasteiger partial charge < -0.3 is 10.5 Å². The van der Waals surface area contributed by atoms with Gasteiger partial charge in [0.05, 0.1) is 6.61 Å². The number of nitrogens with zero attached hydrogens (tertiary/aromatic N) is 1. The Balaban J connectivity index is 2.37. The van der Waals surface area contributed by atoms with E-state index < -0.39 is 23.0 Å². The molecule has 1 rings (SSSR count). The molecule has 0 bridgehead atoms. The molecule has 1 unspecified atom stereocenters. The van der Waals surface area contributed by atoms with Crippen molar-refractivity contribution in [1.82, 2.24) is 9.03 Å². The molecule has 0 saturated carbocycles. The molecular formula is C10H20F3N3O3S. The third kappa shape index (κ3) is 5.92. The summed E-state index contributed by atoms with van der Waals surface area (Å²) in [7, 11) is -3.72. The average molecular weight is 319 g/mol. The fourth-order valence-corrected chi connectivity index (χ4v) is 3.50. The molecule has 1 saturated heterocycles. The van der Waals surface area contributed by atoms with Crippen LogP contribution in [0.25, 0.3) is 0 Å². The van der Waals surface area contributed by atoms with Gasteiger partial charge in [-0.15, -0.1) is 0 Å². The molecule has 3 N–H and O–H groups in total. The van der Waals surface area contributed by atoms with E-state index in [1.807, 2.05) is 0 Å². The summed E-state index contributed by atoms with van der Waals surface area (Å²) in [5.41, 5.74) is 5.53. The topological polar surface area (TPSA) is 84.7 Å². The van der Waals surface area contributed by atoms with Crippen LogP contribution in [0.1, 0.15) is 19.3 Å². The van der Waals surface area contributed by atoms with Gasteiger partial charge in [0, 0.05) is 25.7 Å². The SMILES string of the molecule is NCC1CCCCN1S(=O)(=O)NCCOCC(F)(F)F. The van der Waals surface area contributed by atoms with Crippen molar-refractivity contribution in [3.8, 4) is 0 Å². The minimum absolute atomic E-state index is 0.202. The summed E-state index contributed by atoms with van der Waals surface area (Å²) in [6.45, 7) is -1.32. The van der Waals surface area contributed by atoms with E-state index in [4.69, 9.17) is 5.73 Å². The fourth-order valence-electron chi connectivity index (χ4n) is 2.04.